The molecule has 0 aliphatic heterocycles. The number of methoxy groups -OCH3 is 3. The Labute approximate surface area is 211 Å². The minimum Gasteiger partial charge on any atom is -0.469 e. The first kappa shape index (κ1) is 37.7. The van der Waals surface area contributed by atoms with Crippen LogP contribution in [0.25, 0.3) is 0 Å². The maximum absolute atomic E-state index is 11.0. The Balaban J connectivity index is -0.000000171. The third-order valence-corrected chi connectivity index (χ3v) is 3.17. The second kappa shape index (κ2) is 31.6. The van der Waals surface area contributed by atoms with Gasteiger partial charge in [-0.2, -0.15) is 0 Å². The average Bonchev–Trinajstić information content (AvgIpc) is 2.85. The standard InChI is InChI=1S/C8H15NO3.2C6H6.C3H6O2.C2H6O.V/c1-4-6(8(11)12-3)9-7(10)5-2;2*1-2-4-6-5-3-1;1-3(4)5-2;1-3-2;/h6H,4-5H2,1-3H3,(H,9,10);2*1-6H;1-2H3;1-2H3;. The molecule has 0 aliphatic rings. The average molecular weight is 501 g/mol. The van der Waals surface area contributed by atoms with Crippen molar-refractivity contribution in [2.45, 2.75) is 39.7 Å². The van der Waals surface area contributed by atoms with Crippen molar-refractivity contribution in [3.05, 3.63) is 72.8 Å². The zero-order valence-corrected chi connectivity index (χ0v) is 22.2. The maximum atomic E-state index is 11.0. The van der Waals surface area contributed by atoms with E-state index in [0.29, 0.717) is 12.8 Å². The van der Waals surface area contributed by atoms with Gasteiger partial charge in [-0.15, -0.1) is 0 Å². The molecule has 8 heteroatoms. The van der Waals surface area contributed by atoms with Gasteiger partial charge in [-0.25, -0.2) is 4.79 Å². The number of ether oxygens (including phenoxy) is 3. The van der Waals surface area contributed by atoms with E-state index in [4.69, 9.17) is 0 Å². The van der Waals surface area contributed by atoms with Crippen LogP contribution in [-0.4, -0.2) is 52.3 Å². The van der Waals surface area contributed by atoms with E-state index in [-0.39, 0.29) is 36.4 Å². The summed E-state index contributed by atoms with van der Waals surface area (Å²) >= 11 is 0. The van der Waals surface area contributed by atoms with Crippen LogP contribution in [0.5, 0.6) is 0 Å². The van der Waals surface area contributed by atoms with Crippen molar-refractivity contribution >= 4 is 17.8 Å². The zero-order valence-electron chi connectivity index (χ0n) is 20.8. The van der Waals surface area contributed by atoms with Crippen molar-refractivity contribution in [3.63, 3.8) is 0 Å². The number of benzene rings is 2. The van der Waals surface area contributed by atoms with Gasteiger partial charge in [-0.1, -0.05) is 86.6 Å². The molecule has 0 saturated carbocycles. The molecule has 7 nitrogen and oxygen atoms in total. The minimum absolute atomic E-state index is 0. The Morgan fingerprint density at radius 3 is 1.12 bits per heavy atom. The van der Waals surface area contributed by atoms with Crippen molar-refractivity contribution in [1.82, 2.24) is 5.32 Å². The third kappa shape index (κ3) is 34.2. The van der Waals surface area contributed by atoms with E-state index in [0.717, 1.165) is 0 Å². The van der Waals surface area contributed by atoms with Crippen molar-refractivity contribution in [2.24, 2.45) is 0 Å². The van der Waals surface area contributed by atoms with E-state index in [1.807, 2.05) is 79.7 Å². The summed E-state index contributed by atoms with van der Waals surface area (Å²) < 4.78 is 12.9. The van der Waals surface area contributed by atoms with E-state index < -0.39 is 6.04 Å². The van der Waals surface area contributed by atoms with Gasteiger partial charge in [-0.05, 0) is 6.42 Å². The molecule has 0 aromatic heterocycles. The van der Waals surface area contributed by atoms with Gasteiger partial charge in [0.1, 0.15) is 6.04 Å². The summed E-state index contributed by atoms with van der Waals surface area (Å²) in [6.07, 6.45) is 0.936. The van der Waals surface area contributed by atoms with Gasteiger partial charge < -0.3 is 19.5 Å². The predicted octanol–water partition coefficient (Wildman–Crippen LogP) is 4.28. The van der Waals surface area contributed by atoms with Crippen LogP contribution in [0.1, 0.15) is 33.6 Å². The van der Waals surface area contributed by atoms with E-state index >= 15 is 0 Å². The molecular weight excluding hydrogens is 461 g/mol. The number of nitrogens with one attached hydrogen (secondary N) is 1. The molecule has 0 heterocycles. The number of rotatable bonds is 4. The van der Waals surface area contributed by atoms with E-state index in [9.17, 15) is 14.4 Å². The third-order valence-electron chi connectivity index (χ3n) is 3.17. The molecule has 1 atom stereocenters. The molecule has 0 saturated heterocycles. The summed E-state index contributed by atoms with van der Waals surface area (Å²) in [7, 11) is 5.91. The largest absolute Gasteiger partial charge is 0.469 e. The summed E-state index contributed by atoms with van der Waals surface area (Å²) in [5.74, 6) is -0.767. The number of amides is 1. The van der Waals surface area contributed by atoms with Crippen LogP contribution >= 0.6 is 0 Å². The molecule has 0 bridgehead atoms. The number of carbonyl (C=O) groups excluding carboxylic acids is 3. The molecule has 2 aromatic rings. The second-order valence-corrected chi connectivity index (χ2v) is 5.82. The van der Waals surface area contributed by atoms with Crippen molar-refractivity contribution < 1.29 is 47.1 Å². The fourth-order valence-electron chi connectivity index (χ4n) is 1.54. The summed E-state index contributed by atoms with van der Waals surface area (Å²) in [5.41, 5.74) is 0. The van der Waals surface area contributed by atoms with Crippen LogP contribution in [0.2, 0.25) is 0 Å². The molecule has 1 radical (unpaired) electrons. The smallest absolute Gasteiger partial charge is 0.328 e. The molecule has 33 heavy (non-hydrogen) atoms. The van der Waals surface area contributed by atoms with E-state index in [2.05, 4.69) is 19.5 Å². The molecule has 0 fully saturated rings. The number of carbonyl (C=O) groups is 3. The zero-order chi connectivity index (χ0) is 25.0. The van der Waals surface area contributed by atoms with Gasteiger partial charge in [0, 0.05) is 46.1 Å². The molecule has 0 aliphatic carbocycles. The molecule has 1 amide bonds. The number of hydrogen-bond donors (Lipinski definition) is 1. The summed E-state index contributed by atoms with van der Waals surface area (Å²) in [5, 5.41) is 2.55. The van der Waals surface area contributed by atoms with Gasteiger partial charge in [0.25, 0.3) is 0 Å². The van der Waals surface area contributed by atoms with Gasteiger partial charge in [0.05, 0.1) is 14.2 Å². The van der Waals surface area contributed by atoms with Gasteiger partial charge >= 0.3 is 11.9 Å². The molecule has 1 N–H and O–H groups in total. The Kier molecular flexibility index (Phi) is 36.1. The van der Waals surface area contributed by atoms with Gasteiger partial charge in [0.2, 0.25) is 5.91 Å². The minimum atomic E-state index is -0.498. The Morgan fingerprint density at radius 1 is 0.697 bits per heavy atom. The fraction of sp³-hybridized carbons (Fsp3) is 0.400. The second-order valence-electron chi connectivity index (χ2n) is 5.82. The molecule has 1 unspecified atom stereocenters. The fourth-order valence-corrected chi connectivity index (χ4v) is 1.54. The first-order chi connectivity index (χ1) is 15.3. The molecular formula is C25H39NO6V. The summed E-state index contributed by atoms with van der Waals surface area (Å²) in [6.45, 7) is 4.91. The molecule has 0 spiro atoms. The summed E-state index contributed by atoms with van der Waals surface area (Å²) in [6, 6.07) is 23.5. The van der Waals surface area contributed by atoms with Crippen molar-refractivity contribution in [1.29, 1.82) is 0 Å². The van der Waals surface area contributed by atoms with Crippen LogP contribution in [0, 0.1) is 0 Å². The Bertz CT molecular complexity index is 572. The number of hydrogen-bond acceptors (Lipinski definition) is 6. The van der Waals surface area contributed by atoms with Gasteiger partial charge in [-0.3, -0.25) is 9.59 Å². The molecule has 2 aromatic carbocycles. The summed E-state index contributed by atoms with van der Waals surface area (Å²) in [4.78, 5) is 31.4. The Hall–Kier alpha value is -2.61. The first-order valence-electron chi connectivity index (χ1n) is 10.2. The molecule has 2 rings (SSSR count). The number of esters is 2. The normalized spacial score (nSPS) is 8.82. The topological polar surface area (TPSA) is 90.9 Å². The van der Waals surface area contributed by atoms with Gasteiger partial charge in [0.15, 0.2) is 0 Å². The molecule has 185 valence electrons. The quantitative estimate of drug-likeness (QED) is 0.631. The van der Waals surface area contributed by atoms with Crippen LogP contribution in [0.3, 0.4) is 0 Å². The SMILES string of the molecule is CCC(=O)NC(CC)C(=O)OC.COC.COC(C)=O.[V].c1ccccc1.c1ccccc1. The van der Waals surface area contributed by atoms with E-state index in [1.54, 1.807) is 21.1 Å². The van der Waals surface area contributed by atoms with Crippen LogP contribution in [-0.2, 0) is 47.1 Å². The van der Waals surface area contributed by atoms with E-state index in [1.165, 1.54) is 21.1 Å². The maximum Gasteiger partial charge on any atom is 0.328 e. The first-order valence-corrected chi connectivity index (χ1v) is 10.2. The van der Waals surface area contributed by atoms with Crippen LogP contribution in [0.4, 0.5) is 0 Å². The van der Waals surface area contributed by atoms with Crippen LogP contribution in [0.15, 0.2) is 72.8 Å². The monoisotopic (exact) mass is 500 g/mol. The van der Waals surface area contributed by atoms with Crippen molar-refractivity contribution in [3.8, 4) is 0 Å². The van der Waals surface area contributed by atoms with Crippen LogP contribution < -0.4 is 5.32 Å². The predicted molar refractivity (Wildman–Crippen MR) is 128 cm³/mol. The Morgan fingerprint density at radius 2 is 0.970 bits per heavy atom. The van der Waals surface area contributed by atoms with Crippen molar-refractivity contribution in [2.75, 3.05) is 28.4 Å².